The normalized spacial score (nSPS) is 20.4. The Labute approximate surface area is 173 Å². The lowest BCUT2D eigenvalue weighted by molar-refractivity contribution is -0.150. The molecule has 29 heavy (non-hydrogen) atoms. The van der Waals surface area contributed by atoms with E-state index in [0.29, 0.717) is 11.5 Å². The maximum absolute atomic E-state index is 12.4. The van der Waals surface area contributed by atoms with E-state index in [0.717, 1.165) is 24.8 Å². The van der Waals surface area contributed by atoms with Gasteiger partial charge in [0.15, 0.2) is 6.61 Å². The Morgan fingerprint density at radius 1 is 1.10 bits per heavy atom. The zero-order chi connectivity index (χ0) is 21.6. The van der Waals surface area contributed by atoms with E-state index in [1.54, 1.807) is 19.1 Å². The van der Waals surface area contributed by atoms with Crippen molar-refractivity contribution in [3.05, 3.63) is 35.4 Å². The van der Waals surface area contributed by atoms with Crippen LogP contribution in [0.3, 0.4) is 0 Å². The molecule has 2 amide bonds. The van der Waals surface area contributed by atoms with E-state index in [-0.39, 0.29) is 29.9 Å². The van der Waals surface area contributed by atoms with Gasteiger partial charge < -0.3 is 15.4 Å². The van der Waals surface area contributed by atoms with E-state index >= 15 is 0 Å². The summed E-state index contributed by atoms with van der Waals surface area (Å²) in [5, 5.41) is 5.56. The number of benzene rings is 1. The van der Waals surface area contributed by atoms with E-state index in [1.165, 1.54) is 6.42 Å². The number of carbonyl (C=O) groups excluding carboxylic acids is 3. The standard InChI is InChI=1S/C23H34N2O4/c1-15-8-6-7-9-19(15)25-20(26)14-29-22(28)16(2)24-21(27)17-10-12-18(13-11-17)23(3,4)5/h10-13,15-16,19H,6-9,14H2,1-5H3,(H,24,27)(H,25,26)/t15-,16+,19-/m1/s1. The zero-order valence-electron chi connectivity index (χ0n) is 18.2. The van der Waals surface area contributed by atoms with Crippen LogP contribution in [-0.4, -0.2) is 36.5 Å². The molecule has 6 heteroatoms. The lowest BCUT2D eigenvalue weighted by Gasteiger charge is -2.29. The smallest absolute Gasteiger partial charge is 0.328 e. The molecule has 1 saturated carbocycles. The van der Waals surface area contributed by atoms with Crippen LogP contribution in [-0.2, 0) is 19.7 Å². The lowest BCUT2D eigenvalue weighted by atomic mass is 9.86. The van der Waals surface area contributed by atoms with Gasteiger partial charge in [0.2, 0.25) is 0 Å². The Morgan fingerprint density at radius 2 is 1.72 bits per heavy atom. The molecule has 0 unspecified atom stereocenters. The van der Waals surface area contributed by atoms with Crippen molar-refractivity contribution < 1.29 is 19.1 Å². The molecule has 3 atom stereocenters. The molecule has 0 radical (unpaired) electrons. The predicted octanol–water partition coefficient (Wildman–Crippen LogP) is 3.34. The highest BCUT2D eigenvalue weighted by molar-refractivity contribution is 5.96. The summed E-state index contributed by atoms with van der Waals surface area (Å²) in [6.07, 6.45) is 4.36. The summed E-state index contributed by atoms with van der Waals surface area (Å²) in [4.78, 5) is 36.6. The number of amides is 2. The van der Waals surface area contributed by atoms with Crippen LogP contribution in [0, 0.1) is 5.92 Å². The summed E-state index contributed by atoms with van der Waals surface area (Å²) in [5.74, 6) is -0.841. The van der Waals surface area contributed by atoms with Gasteiger partial charge in [0.1, 0.15) is 6.04 Å². The number of rotatable bonds is 6. The van der Waals surface area contributed by atoms with Crippen LogP contribution in [0.5, 0.6) is 0 Å². The number of hydrogen-bond donors (Lipinski definition) is 2. The van der Waals surface area contributed by atoms with Gasteiger partial charge in [-0.15, -0.1) is 0 Å². The molecular weight excluding hydrogens is 368 g/mol. The van der Waals surface area contributed by atoms with Gasteiger partial charge in [0, 0.05) is 11.6 Å². The van der Waals surface area contributed by atoms with Gasteiger partial charge in [-0.3, -0.25) is 9.59 Å². The van der Waals surface area contributed by atoms with Crippen molar-refractivity contribution in [3.63, 3.8) is 0 Å². The SMILES string of the molecule is C[C@H](NC(=O)c1ccc(C(C)(C)C)cc1)C(=O)OCC(=O)N[C@@H]1CCCC[C@H]1C. The molecule has 1 aliphatic rings. The summed E-state index contributed by atoms with van der Waals surface area (Å²) in [7, 11) is 0. The van der Waals surface area contributed by atoms with Crippen molar-refractivity contribution in [2.24, 2.45) is 5.92 Å². The summed E-state index contributed by atoms with van der Waals surface area (Å²) in [6.45, 7) is 9.65. The first kappa shape index (κ1) is 22.9. The second kappa shape index (κ2) is 9.90. The number of esters is 1. The first-order valence-electron chi connectivity index (χ1n) is 10.5. The molecule has 0 aromatic heterocycles. The van der Waals surface area contributed by atoms with Crippen LogP contribution in [0.4, 0.5) is 0 Å². The number of nitrogens with one attached hydrogen (secondary N) is 2. The van der Waals surface area contributed by atoms with Crippen molar-refractivity contribution >= 4 is 17.8 Å². The highest BCUT2D eigenvalue weighted by Gasteiger charge is 2.24. The predicted molar refractivity (Wildman–Crippen MR) is 113 cm³/mol. The Balaban J connectivity index is 1.79. The monoisotopic (exact) mass is 402 g/mol. The van der Waals surface area contributed by atoms with Crippen LogP contribution < -0.4 is 10.6 Å². The third kappa shape index (κ3) is 6.87. The van der Waals surface area contributed by atoms with Gasteiger partial charge in [-0.1, -0.05) is 52.7 Å². The van der Waals surface area contributed by atoms with Crippen LogP contribution in [0.1, 0.15) is 76.2 Å². The highest BCUT2D eigenvalue weighted by atomic mass is 16.5. The molecule has 1 fully saturated rings. The molecule has 6 nitrogen and oxygen atoms in total. The molecule has 0 bridgehead atoms. The minimum Gasteiger partial charge on any atom is -0.454 e. The van der Waals surface area contributed by atoms with Crippen LogP contribution in [0.2, 0.25) is 0 Å². The maximum Gasteiger partial charge on any atom is 0.328 e. The van der Waals surface area contributed by atoms with Crippen LogP contribution >= 0.6 is 0 Å². The summed E-state index contributed by atoms with van der Waals surface area (Å²) >= 11 is 0. The van der Waals surface area contributed by atoms with Gasteiger partial charge in [0.25, 0.3) is 11.8 Å². The molecule has 0 spiro atoms. The second-order valence-electron chi connectivity index (χ2n) is 9.07. The van der Waals surface area contributed by atoms with Gasteiger partial charge in [0.05, 0.1) is 0 Å². The summed E-state index contributed by atoms with van der Waals surface area (Å²) in [6, 6.07) is 6.61. The minimum absolute atomic E-state index is 0.00208. The molecule has 1 aromatic rings. The van der Waals surface area contributed by atoms with E-state index in [2.05, 4.69) is 38.3 Å². The number of ether oxygens (including phenoxy) is 1. The third-order valence-corrected chi connectivity index (χ3v) is 5.52. The quantitative estimate of drug-likeness (QED) is 0.715. The molecule has 0 aliphatic heterocycles. The fourth-order valence-corrected chi connectivity index (χ4v) is 3.50. The zero-order valence-corrected chi connectivity index (χ0v) is 18.2. The van der Waals surface area contributed by atoms with Crippen molar-refractivity contribution in [3.8, 4) is 0 Å². The third-order valence-electron chi connectivity index (χ3n) is 5.52. The second-order valence-corrected chi connectivity index (χ2v) is 9.07. The first-order chi connectivity index (χ1) is 13.6. The molecular formula is C23H34N2O4. The van der Waals surface area contributed by atoms with Crippen molar-refractivity contribution in [1.82, 2.24) is 10.6 Å². The fourth-order valence-electron chi connectivity index (χ4n) is 3.50. The van der Waals surface area contributed by atoms with Crippen LogP contribution in [0.25, 0.3) is 0 Å². The maximum atomic E-state index is 12.4. The molecule has 2 rings (SSSR count). The largest absolute Gasteiger partial charge is 0.454 e. The van der Waals surface area contributed by atoms with Crippen molar-refractivity contribution in [2.75, 3.05) is 6.61 Å². The topological polar surface area (TPSA) is 84.5 Å². The van der Waals surface area contributed by atoms with E-state index in [9.17, 15) is 14.4 Å². The Morgan fingerprint density at radius 3 is 2.31 bits per heavy atom. The average Bonchev–Trinajstić information content (AvgIpc) is 2.67. The molecule has 0 heterocycles. The molecule has 1 aliphatic carbocycles. The number of hydrogen-bond acceptors (Lipinski definition) is 4. The Kier molecular flexibility index (Phi) is 7.82. The van der Waals surface area contributed by atoms with Gasteiger partial charge in [-0.05, 0) is 48.8 Å². The van der Waals surface area contributed by atoms with Crippen molar-refractivity contribution in [1.29, 1.82) is 0 Å². The fraction of sp³-hybridized carbons (Fsp3) is 0.609. The van der Waals surface area contributed by atoms with Gasteiger partial charge in [-0.2, -0.15) is 0 Å². The Hall–Kier alpha value is -2.37. The summed E-state index contributed by atoms with van der Waals surface area (Å²) < 4.78 is 5.08. The molecule has 2 N–H and O–H groups in total. The van der Waals surface area contributed by atoms with E-state index < -0.39 is 12.0 Å². The molecule has 0 saturated heterocycles. The van der Waals surface area contributed by atoms with Gasteiger partial charge in [-0.25, -0.2) is 4.79 Å². The summed E-state index contributed by atoms with van der Waals surface area (Å²) in [5.41, 5.74) is 1.60. The van der Waals surface area contributed by atoms with E-state index in [4.69, 9.17) is 4.74 Å². The Bertz CT molecular complexity index is 721. The number of carbonyl (C=O) groups is 3. The molecule has 160 valence electrons. The lowest BCUT2D eigenvalue weighted by Crippen LogP contribution is -2.44. The highest BCUT2D eigenvalue weighted by Crippen LogP contribution is 2.24. The van der Waals surface area contributed by atoms with Crippen molar-refractivity contribution in [2.45, 2.75) is 77.8 Å². The van der Waals surface area contributed by atoms with Gasteiger partial charge >= 0.3 is 5.97 Å². The average molecular weight is 403 g/mol. The van der Waals surface area contributed by atoms with E-state index in [1.807, 2.05) is 12.1 Å². The molecule has 1 aromatic carbocycles. The minimum atomic E-state index is -0.841. The van der Waals surface area contributed by atoms with Crippen LogP contribution in [0.15, 0.2) is 24.3 Å². The first-order valence-corrected chi connectivity index (χ1v) is 10.5.